The van der Waals surface area contributed by atoms with Crippen LogP contribution in [0.4, 0.5) is 17.1 Å². The number of aromatic nitrogens is 1. The lowest BCUT2D eigenvalue weighted by molar-refractivity contribution is 1.31. The van der Waals surface area contributed by atoms with Crippen LogP contribution in [0.3, 0.4) is 0 Å². The van der Waals surface area contributed by atoms with E-state index in [2.05, 4.69) is 187 Å². The summed E-state index contributed by atoms with van der Waals surface area (Å²) in [7, 11) is 0. The van der Waals surface area contributed by atoms with Crippen molar-refractivity contribution in [2.45, 2.75) is 0 Å². The number of benzene rings is 8. The highest BCUT2D eigenvalue weighted by molar-refractivity contribution is 7.26. The maximum atomic E-state index is 5.36. The van der Waals surface area contributed by atoms with Gasteiger partial charge in [0.1, 0.15) is 0 Å². The van der Waals surface area contributed by atoms with E-state index in [9.17, 15) is 0 Å². The van der Waals surface area contributed by atoms with Gasteiger partial charge in [0.15, 0.2) is 0 Å². The van der Waals surface area contributed by atoms with Gasteiger partial charge in [0, 0.05) is 48.6 Å². The molecule has 0 fully saturated rings. The highest BCUT2D eigenvalue weighted by atomic mass is 32.1. The van der Waals surface area contributed by atoms with Crippen molar-refractivity contribution in [3.8, 4) is 22.4 Å². The van der Waals surface area contributed by atoms with Crippen molar-refractivity contribution in [2.75, 3.05) is 4.90 Å². The lowest BCUT2D eigenvalue weighted by Crippen LogP contribution is -2.10. The van der Waals surface area contributed by atoms with Gasteiger partial charge in [-0.2, -0.15) is 0 Å². The number of anilines is 3. The third-order valence-electron chi connectivity index (χ3n) is 9.80. The summed E-state index contributed by atoms with van der Waals surface area (Å²) in [6.45, 7) is 0. The molecule has 2 aromatic heterocycles. The van der Waals surface area contributed by atoms with Crippen molar-refractivity contribution in [3.63, 3.8) is 0 Å². The Balaban J connectivity index is 1.34. The molecule has 3 heteroatoms. The molecule has 0 atom stereocenters. The zero-order valence-corrected chi connectivity index (χ0v) is 27.9. The highest BCUT2D eigenvalue weighted by Gasteiger charge is 2.24. The third-order valence-corrected chi connectivity index (χ3v) is 11.0. The van der Waals surface area contributed by atoms with E-state index < -0.39 is 0 Å². The van der Waals surface area contributed by atoms with E-state index in [0.717, 1.165) is 39.2 Å². The van der Waals surface area contributed by atoms with E-state index in [1.54, 1.807) is 0 Å². The summed E-state index contributed by atoms with van der Waals surface area (Å²) in [6.07, 6.45) is 0. The predicted octanol–water partition coefficient (Wildman–Crippen LogP) is 13.7. The number of pyridine rings is 1. The van der Waals surface area contributed by atoms with E-state index in [1.165, 1.54) is 52.8 Å². The molecule has 0 saturated heterocycles. The molecule has 0 aliphatic carbocycles. The highest BCUT2D eigenvalue weighted by Crippen LogP contribution is 2.50. The largest absolute Gasteiger partial charge is 0.309 e. The fourth-order valence-electron chi connectivity index (χ4n) is 7.47. The fraction of sp³-hybridized carbons (Fsp3) is 0. The normalized spacial score (nSPS) is 11.6. The summed E-state index contributed by atoms with van der Waals surface area (Å²) in [4.78, 5) is 7.81. The minimum atomic E-state index is 0.996. The summed E-state index contributed by atoms with van der Waals surface area (Å²) in [5.74, 6) is 0. The Hall–Kier alpha value is -6.29. The van der Waals surface area contributed by atoms with E-state index in [-0.39, 0.29) is 0 Å². The van der Waals surface area contributed by atoms with Gasteiger partial charge in [-0.25, -0.2) is 4.98 Å². The van der Waals surface area contributed by atoms with Gasteiger partial charge in [-0.1, -0.05) is 140 Å². The first-order valence-corrected chi connectivity index (χ1v) is 17.8. The number of thiophene rings is 1. The van der Waals surface area contributed by atoms with E-state index >= 15 is 0 Å². The molecule has 0 aliphatic rings. The van der Waals surface area contributed by atoms with E-state index in [0.29, 0.717) is 0 Å². The van der Waals surface area contributed by atoms with Crippen LogP contribution in [-0.4, -0.2) is 4.98 Å². The average molecular weight is 655 g/mol. The zero-order chi connectivity index (χ0) is 33.0. The summed E-state index contributed by atoms with van der Waals surface area (Å²) in [5.41, 5.74) is 8.88. The molecule has 0 N–H and O–H groups in total. The molecule has 2 heterocycles. The Bertz CT molecular complexity index is 2860. The first-order chi connectivity index (χ1) is 24.8. The van der Waals surface area contributed by atoms with E-state index in [4.69, 9.17) is 4.98 Å². The number of nitrogens with zero attached hydrogens (tertiary/aromatic N) is 2. The smallest absolute Gasteiger partial charge is 0.0789 e. The summed E-state index contributed by atoms with van der Waals surface area (Å²) < 4.78 is 2.53. The Kier molecular flexibility index (Phi) is 6.71. The Morgan fingerprint density at radius 1 is 0.420 bits per heavy atom. The van der Waals surface area contributed by atoms with Crippen LogP contribution in [0.15, 0.2) is 182 Å². The van der Waals surface area contributed by atoms with Crippen LogP contribution >= 0.6 is 11.3 Å². The summed E-state index contributed by atoms with van der Waals surface area (Å²) >= 11 is 1.87. The fourth-order valence-corrected chi connectivity index (χ4v) is 8.69. The third kappa shape index (κ3) is 4.67. The van der Waals surface area contributed by atoms with Crippen molar-refractivity contribution in [1.82, 2.24) is 4.98 Å². The number of hydrogen-bond acceptors (Lipinski definition) is 3. The quantitative estimate of drug-likeness (QED) is 0.172. The van der Waals surface area contributed by atoms with Crippen LogP contribution in [0.1, 0.15) is 0 Å². The van der Waals surface area contributed by atoms with Gasteiger partial charge in [-0.3, -0.25) is 0 Å². The molecular formula is C47H30N2S. The Morgan fingerprint density at radius 2 is 1.04 bits per heavy atom. The molecule has 0 amide bonds. The lowest BCUT2D eigenvalue weighted by Gasteiger charge is -2.27. The van der Waals surface area contributed by atoms with Crippen molar-refractivity contribution >= 4 is 81.0 Å². The lowest BCUT2D eigenvalue weighted by atomic mass is 9.95. The van der Waals surface area contributed by atoms with Gasteiger partial charge in [-0.15, -0.1) is 11.3 Å². The second kappa shape index (κ2) is 11.7. The van der Waals surface area contributed by atoms with Gasteiger partial charge in [0.05, 0.1) is 21.6 Å². The maximum absolute atomic E-state index is 5.36. The molecule has 0 unspecified atom stereocenters. The molecule has 0 radical (unpaired) electrons. The average Bonchev–Trinajstić information content (AvgIpc) is 3.58. The van der Waals surface area contributed by atoms with Crippen LogP contribution in [-0.2, 0) is 0 Å². The van der Waals surface area contributed by atoms with Crippen molar-refractivity contribution < 1.29 is 0 Å². The molecule has 0 saturated carbocycles. The second-order valence-corrected chi connectivity index (χ2v) is 13.8. The molecule has 10 rings (SSSR count). The van der Waals surface area contributed by atoms with Gasteiger partial charge in [0.25, 0.3) is 0 Å². The van der Waals surface area contributed by atoms with Gasteiger partial charge < -0.3 is 4.90 Å². The number of rotatable bonds is 5. The Labute approximate surface area is 294 Å². The maximum Gasteiger partial charge on any atom is 0.0789 e. The molecule has 234 valence electrons. The predicted molar refractivity (Wildman–Crippen MR) is 215 cm³/mol. The first-order valence-electron chi connectivity index (χ1n) is 17.0. The standard InChI is InChI=1S/C47H30N2S/c1-3-13-31(14-4-1)33-23-26-36(27-24-33)49(37-28-25-32-15-7-8-18-35(32)29-37)42-30-40-44(45-39-20-10-12-22-43(39)50-47(42)45)38-19-9-11-21-41(38)48-46(40)34-16-5-2-6-17-34/h1-30H. The van der Waals surface area contributed by atoms with Crippen LogP contribution in [0, 0.1) is 0 Å². The summed E-state index contributed by atoms with van der Waals surface area (Å²) in [6, 6.07) is 65.5. The molecule has 8 aromatic carbocycles. The molecular weight excluding hydrogens is 625 g/mol. The number of hydrogen-bond donors (Lipinski definition) is 0. The monoisotopic (exact) mass is 654 g/mol. The van der Waals surface area contributed by atoms with Gasteiger partial charge in [0.2, 0.25) is 0 Å². The van der Waals surface area contributed by atoms with E-state index in [1.807, 2.05) is 11.3 Å². The molecule has 50 heavy (non-hydrogen) atoms. The molecule has 0 aliphatic heterocycles. The Morgan fingerprint density at radius 3 is 1.84 bits per heavy atom. The van der Waals surface area contributed by atoms with Crippen LogP contribution in [0.5, 0.6) is 0 Å². The van der Waals surface area contributed by atoms with Crippen molar-refractivity contribution in [1.29, 1.82) is 0 Å². The SMILES string of the molecule is c1ccc(-c2ccc(N(c3ccc4ccccc4c3)c3cc4c(-c5ccccc5)nc5ccccc5c4c4c3sc3ccccc34)cc2)cc1. The minimum absolute atomic E-state index is 0.996. The molecule has 0 spiro atoms. The van der Waals surface area contributed by atoms with Crippen LogP contribution in [0.2, 0.25) is 0 Å². The van der Waals surface area contributed by atoms with Crippen molar-refractivity contribution in [3.05, 3.63) is 182 Å². The second-order valence-electron chi connectivity index (χ2n) is 12.7. The van der Waals surface area contributed by atoms with Gasteiger partial charge in [-0.05, 0) is 64.4 Å². The van der Waals surface area contributed by atoms with Gasteiger partial charge >= 0.3 is 0 Å². The van der Waals surface area contributed by atoms with Crippen LogP contribution < -0.4 is 4.90 Å². The minimum Gasteiger partial charge on any atom is -0.309 e. The topological polar surface area (TPSA) is 16.1 Å². The van der Waals surface area contributed by atoms with Crippen molar-refractivity contribution in [2.24, 2.45) is 0 Å². The number of para-hydroxylation sites is 1. The summed E-state index contributed by atoms with van der Waals surface area (Å²) in [5, 5.41) is 8.56. The molecule has 2 nitrogen and oxygen atoms in total. The molecule has 0 bridgehead atoms. The number of fused-ring (bicyclic) bond motifs is 8. The van der Waals surface area contributed by atoms with Crippen LogP contribution in [0.25, 0.3) is 75.0 Å². The molecule has 10 aromatic rings. The first kappa shape index (κ1) is 28.7. The zero-order valence-electron chi connectivity index (χ0n) is 27.1.